The highest BCUT2D eigenvalue weighted by atomic mass is 79.9. The Labute approximate surface area is 138 Å². The number of ether oxygens (including phenoxy) is 2. The highest BCUT2D eigenvalue weighted by Crippen LogP contribution is 2.40. The summed E-state index contributed by atoms with van der Waals surface area (Å²) in [4.78, 5) is 11.0. The first-order valence-corrected chi connectivity index (χ1v) is 7.16. The Balaban J connectivity index is 2.47. The van der Waals surface area contributed by atoms with Gasteiger partial charge in [-0.25, -0.2) is 4.39 Å². The molecule has 2 rings (SSSR count). The topological polar surface area (TPSA) is 35.5 Å². The van der Waals surface area contributed by atoms with E-state index in [1.54, 1.807) is 12.1 Å². The quantitative estimate of drug-likeness (QED) is 0.642. The molecule has 0 unspecified atom stereocenters. The summed E-state index contributed by atoms with van der Waals surface area (Å²) in [5.41, 5.74) is 0.151. The maximum atomic E-state index is 14.0. The van der Waals surface area contributed by atoms with Crippen LogP contribution in [0.2, 0.25) is 10.0 Å². The maximum absolute atomic E-state index is 14.0. The molecule has 7 heteroatoms. The summed E-state index contributed by atoms with van der Waals surface area (Å²) in [5.74, 6) is -0.665. The van der Waals surface area contributed by atoms with Gasteiger partial charge < -0.3 is 9.47 Å². The highest BCUT2D eigenvalue weighted by Gasteiger charge is 2.16. The maximum Gasteiger partial charge on any atom is 0.169 e. The first-order valence-electron chi connectivity index (χ1n) is 5.61. The van der Waals surface area contributed by atoms with Crippen molar-refractivity contribution >= 4 is 45.4 Å². The van der Waals surface area contributed by atoms with Gasteiger partial charge in [0.1, 0.15) is 5.75 Å². The molecule has 2 aromatic rings. The number of halogens is 4. The molecule has 0 aliphatic rings. The zero-order chi connectivity index (χ0) is 15.6. The van der Waals surface area contributed by atoms with Gasteiger partial charge in [-0.05, 0) is 18.2 Å². The van der Waals surface area contributed by atoms with Gasteiger partial charge in [-0.2, -0.15) is 0 Å². The van der Waals surface area contributed by atoms with Crippen LogP contribution in [0.5, 0.6) is 17.2 Å². The molecular weight excluding hydrogens is 386 g/mol. The Morgan fingerprint density at radius 2 is 1.76 bits per heavy atom. The lowest BCUT2D eigenvalue weighted by molar-refractivity contribution is 0.112. The zero-order valence-corrected chi connectivity index (χ0v) is 13.7. The van der Waals surface area contributed by atoms with Crippen LogP contribution in [-0.4, -0.2) is 13.4 Å². The first-order chi connectivity index (χ1) is 9.96. The van der Waals surface area contributed by atoms with Gasteiger partial charge in [-0.3, -0.25) is 4.79 Å². The molecule has 2 aromatic carbocycles. The Morgan fingerprint density at radius 3 is 2.29 bits per heavy atom. The molecular formula is C14H8BrCl2FO3. The second kappa shape index (κ2) is 6.64. The molecule has 0 fully saturated rings. The normalized spacial score (nSPS) is 10.3. The van der Waals surface area contributed by atoms with Crippen LogP contribution in [-0.2, 0) is 0 Å². The summed E-state index contributed by atoms with van der Waals surface area (Å²) >= 11 is 15.3. The third kappa shape index (κ3) is 3.48. The second-order valence-electron chi connectivity index (χ2n) is 3.94. The van der Waals surface area contributed by atoms with Crippen LogP contribution in [0.25, 0.3) is 0 Å². The molecule has 110 valence electrons. The minimum Gasteiger partial charge on any atom is -0.496 e. The smallest absolute Gasteiger partial charge is 0.169 e. The lowest BCUT2D eigenvalue weighted by atomic mass is 10.2. The second-order valence-corrected chi connectivity index (χ2v) is 5.67. The van der Waals surface area contributed by atoms with Crippen LogP contribution in [0.4, 0.5) is 4.39 Å². The van der Waals surface area contributed by atoms with Crippen molar-refractivity contribution in [3.63, 3.8) is 0 Å². The van der Waals surface area contributed by atoms with Gasteiger partial charge in [-0.15, -0.1) is 0 Å². The van der Waals surface area contributed by atoms with Gasteiger partial charge in [0.2, 0.25) is 0 Å². The van der Waals surface area contributed by atoms with E-state index in [2.05, 4.69) is 15.9 Å². The molecule has 0 amide bonds. The number of carbonyl (C=O) groups is 1. The number of hydrogen-bond acceptors (Lipinski definition) is 3. The molecule has 0 radical (unpaired) electrons. The van der Waals surface area contributed by atoms with E-state index in [1.165, 1.54) is 13.2 Å². The third-order valence-electron chi connectivity index (χ3n) is 2.59. The van der Waals surface area contributed by atoms with Gasteiger partial charge in [0, 0.05) is 10.5 Å². The van der Waals surface area contributed by atoms with Crippen molar-refractivity contribution in [3.8, 4) is 17.2 Å². The molecule has 0 aliphatic heterocycles. The van der Waals surface area contributed by atoms with E-state index < -0.39 is 5.82 Å². The molecule has 3 nitrogen and oxygen atoms in total. The van der Waals surface area contributed by atoms with Gasteiger partial charge in [0.05, 0.1) is 22.7 Å². The van der Waals surface area contributed by atoms with Crippen molar-refractivity contribution < 1.29 is 18.7 Å². The number of rotatable bonds is 4. The Bertz CT molecular complexity index is 684. The first kappa shape index (κ1) is 16.1. The van der Waals surface area contributed by atoms with Crippen LogP contribution in [0, 0.1) is 5.82 Å². The van der Waals surface area contributed by atoms with E-state index in [0.29, 0.717) is 10.8 Å². The van der Waals surface area contributed by atoms with Crippen LogP contribution in [0.1, 0.15) is 10.4 Å². The van der Waals surface area contributed by atoms with Crippen molar-refractivity contribution in [1.82, 2.24) is 0 Å². The van der Waals surface area contributed by atoms with E-state index in [-0.39, 0.29) is 32.9 Å². The molecule has 0 N–H and O–H groups in total. The largest absolute Gasteiger partial charge is 0.496 e. The molecule has 0 atom stereocenters. The standard InChI is InChI=1S/C14H8BrCl2FO3/c1-20-12-5-11(18)13(2-7(12)6-19)21-14-9(16)3-8(15)4-10(14)17/h2-6H,1H3. The molecule has 0 aromatic heterocycles. The Morgan fingerprint density at radius 1 is 1.14 bits per heavy atom. The van der Waals surface area contributed by atoms with E-state index in [1.807, 2.05) is 0 Å². The predicted molar refractivity (Wildman–Crippen MR) is 82.6 cm³/mol. The lowest BCUT2D eigenvalue weighted by Gasteiger charge is -2.12. The number of hydrogen-bond donors (Lipinski definition) is 0. The summed E-state index contributed by atoms with van der Waals surface area (Å²) in [6.07, 6.45) is 0.538. The molecule has 0 spiro atoms. The van der Waals surface area contributed by atoms with Crippen molar-refractivity contribution in [1.29, 1.82) is 0 Å². The third-order valence-corrected chi connectivity index (χ3v) is 3.61. The summed E-state index contributed by atoms with van der Waals surface area (Å²) in [5, 5.41) is 0.412. The lowest BCUT2D eigenvalue weighted by Crippen LogP contribution is -1.96. The van der Waals surface area contributed by atoms with Gasteiger partial charge in [0.25, 0.3) is 0 Å². The number of benzene rings is 2. The highest BCUT2D eigenvalue weighted by molar-refractivity contribution is 9.10. The number of carbonyl (C=O) groups excluding carboxylic acids is 1. The summed E-state index contributed by atoms with van der Waals surface area (Å²) < 4.78 is 24.9. The van der Waals surface area contributed by atoms with Crippen molar-refractivity contribution in [2.24, 2.45) is 0 Å². The molecule has 0 aliphatic carbocycles. The van der Waals surface area contributed by atoms with Gasteiger partial charge in [-0.1, -0.05) is 39.1 Å². The van der Waals surface area contributed by atoms with Crippen LogP contribution in [0.3, 0.4) is 0 Å². The van der Waals surface area contributed by atoms with Crippen molar-refractivity contribution in [2.75, 3.05) is 7.11 Å². The Kier molecular flexibility index (Phi) is 5.08. The predicted octanol–water partition coefficient (Wildman–Crippen LogP) is 5.51. The molecule has 0 saturated heterocycles. The average Bonchev–Trinajstić information content (AvgIpc) is 2.43. The van der Waals surface area contributed by atoms with E-state index in [9.17, 15) is 9.18 Å². The summed E-state index contributed by atoms with van der Waals surface area (Å²) in [6, 6.07) is 5.39. The summed E-state index contributed by atoms with van der Waals surface area (Å²) in [7, 11) is 1.34. The van der Waals surface area contributed by atoms with Gasteiger partial charge in [0.15, 0.2) is 23.6 Å². The zero-order valence-electron chi connectivity index (χ0n) is 10.6. The Hall–Kier alpha value is -1.30. The van der Waals surface area contributed by atoms with Crippen LogP contribution in [0.15, 0.2) is 28.7 Å². The number of aldehydes is 1. The van der Waals surface area contributed by atoms with E-state index >= 15 is 0 Å². The minimum atomic E-state index is -0.701. The minimum absolute atomic E-state index is 0.0995. The molecule has 0 heterocycles. The van der Waals surface area contributed by atoms with Crippen LogP contribution < -0.4 is 9.47 Å². The fraction of sp³-hybridized carbons (Fsp3) is 0.0714. The van der Waals surface area contributed by atoms with Crippen LogP contribution >= 0.6 is 39.1 Å². The molecule has 0 bridgehead atoms. The molecule has 0 saturated carbocycles. The fourth-order valence-corrected chi connectivity index (χ4v) is 2.92. The summed E-state index contributed by atoms with van der Waals surface area (Å²) in [6.45, 7) is 0. The fourth-order valence-electron chi connectivity index (χ4n) is 1.63. The average molecular weight is 394 g/mol. The molecule has 21 heavy (non-hydrogen) atoms. The van der Waals surface area contributed by atoms with Crippen molar-refractivity contribution in [2.45, 2.75) is 0 Å². The van der Waals surface area contributed by atoms with Crippen molar-refractivity contribution in [3.05, 3.63) is 50.2 Å². The SMILES string of the molecule is COc1cc(F)c(Oc2c(Cl)cc(Br)cc2Cl)cc1C=O. The van der Waals surface area contributed by atoms with Gasteiger partial charge >= 0.3 is 0 Å². The van der Waals surface area contributed by atoms with E-state index in [0.717, 1.165) is 6.07 Å². The number of methoxy groups -OCH3 is 1. The van der Waals surface area contributed by atoms with E-state index in [4.69, 9.17) is 32.7 Å². The monoisotopic (exact) mass is 392 g/mol.